The molecule has 0 saturated carbocycles. The van der Waals surface area contributed by atoms with Crippen molar-refractivity contribution in [1.29, 1.82) is 0 Å². The Morgan fingerprint density at radius 1 is 1.24 bits per heavy atom. The Morgan fingerprint density at radius 3 is 2.59 bits per heavy atom. The van der Waals surface area contributed by atoms with Gasteiger partial charge in [0.15, 0.2) is 5.76 Å². The normalized spacial score (nSPS) is 16.9. The maximum absolute atomic E-state index is 12.5. The Morgan fingerprint density at radius 2 is 1.97 bits per heavy atom. The summed E-state index contributed by atoms with van der Waals surface area (Å²) in [7, 11) is 0. The number of esters is 1. The molecule has 7 nitrogen and oxygen atoms in total. The van der Waals surface area contributed by atoms with Crippen molar-refractivity contribution in [2.24, 2.45) is 0 Å². The van der Waals surface area contributed by atoms with Crippen molar-refractivity contribution in [3.8, 4) is 0 Å². The van der Waals surface area contributed by atoms with Gasteiger partial charge < -0.3 is 23.8 Å². The van der Waals surface area contributed by atoms with Crippen LogP contribution >= 0.6 is 0 Å². The third kappa shape index (κ3) is 6.41. The molecule has 0 bridgehead atoms. The second-order valence-electron chi connectivity index (χ2n) is 7.84. The van der Waals surface area contributed by atoms with Crippen LogP contribution in [0.4, 0.5) is 4.79 Å². The van der Waals surface area contributed by atoms with E-state index >= 15 is 0 Å². The lowest BCUT2D eigenvalue weighted by Crippen LogP contribution is -2.42. The number of likely N-dealkylation sites (N-methyl/N-ethyl adjacent to an activating group) is 1. The maximum atomic E-state index is 12.5. The predicted octanol–water partition coefficient (Wildman–Crippen LogP) is 4.11. The van der Waals surface area contributed by atoms with Gasteiger partial charge in [-0.3, -0.25) is 0 Å². The molecule has 0 N–H and O–H groups in total. The van der Waals surface area contributed by atoms with E-state index < -0.39 is 17.9 Å². The molecule has 0 saturated heterocycles. The third-order valence-corrected chi connectivity index (χ3v) is 4.26. The first-order chi connectivity index (χ1) is 13.6. The largest absolute Gasteiger partial charge is 0.460 e. The Labute approximate surface area is 172 Å². The van der Waals surface area contributed by atoms with Crippen molar-refractivity contribution in [3.05, 3.63) is 41.7 Å². The first-order valence-electron chi connectivity index (χ1n) is 9.92. The molecule has 1 heterocycles. The van der Waals surface area contributed by atoms with E-state index in [1.807, 2.05) is 58.9 Å². The standard InChI is InChI=1S/C22H31NO6/c1-7-23(21(25)29-22(4,5)6)15(3)12-16-10-9-11-17(13-16)18-14-27-20(28-18)19(24)26-8-2/h9-11,13-15,20H,7-8,12H2,1-6H3. The smallest absolute Gasteiger partial charge is 0.410 e. The van der Waals surface area contributed by atoms with E-state index in [4.69, 9.17) is 18.9 Å². The lowest BCUT2D eigenvalue weighted by atomic mass is 10.0. The van der Waals surface area contributed by atoms with Crippen LogP contribution in [0.5, 0.6) is 0 Å². The molecule has 1 aliphatic heterocycles. The van der Waals surface area contributed by atoms with Gasteiger partial charge in [0.05, 0.1) is 6.61 Å². The van der Waals surface area contributed by atoms with Crippen molar-refractivity contribution in [2.75, 3.05) is 13.2 Å². The first-order valence-corrected chi connectivity index (χ1v) is 9.92. The number of ether oxygens (including phenoxy) is 4. The van der Waals surface area contributed by atoms with E-state index in [1.54, 1.807) is 11.8 Å². The molecule has 2 atom stereocenters. The van der Waals surface area contributed by atoms with Crippen LogP contribution in [0.1, 0.15) is 52.7 Å². The summed E-state index contributed by atoms with van der Waals surface area (Å²) in [5.41, 5.74) is 1.29. The average molecular weight is 405 g/mol. The molecule has 0 aliphatic carbocycles. The van der Waals surface area contributed by atoms with E-state index in [0.29, 0.717) is 18.7 Å². The van der Waals surface area contributed by atoms with Crippen molar-refractivity contribution in [3.63, 3.8) is 0 Å². The van der Waals surface area contributed by atoms with Gasteiger partial charge in [0.2, 0.25) is 0 Å². The summed E-state index contributed by atoms with van der Waals surface area (Å²) in [6.07, 6.45) is 0.672. The number of carbonyl (C=O) groups excluding carboxylic acids is 2. The second kappa shape index (κ2) is 9.67. The fourth-order valence-electron chi connectivity index (χ4n) is 2.99. The summed E-state index contributed by atoms with van der Waals surface area (Å²) in [5, 5.41) is 0. The van der Waals surface area contributed by atoms with Gasteiger partial charge in [-0.25, -0.2) is 9.59 Å². The monoisotopic (exact) mass is 405 g/mol. The minimum Gasteiger partial charge on any atom is -0.460 e. The molecule has 1 aromatic carbocycles. The van der Waals surface area contributed by atoms with E-state index in [0.717, 1.165) is 11.1 Å². The molecule has 160 valence electrons. The van der Waals surface area contributed by atoms with Crippen molar-refractivity contribution in [2.45, 2.75) is 65.9 Å². The van der Waals surface area contributed by atoms with Crippen LogP contribution in [-0.4, -0.2) is 48.0 Å². The molecular formula is C22H31NO6. The van der Waals surface area contributed by atoms with E-state index in [1.165, 1.54) is 6.26 Å². The number of carbonyl (C=O) groups is 2. The molecule has 0 spiro atoms. The summed E-state index contributed by atoms with van der Waals surface area (Å²) >= 11 is 0. The summed E-state index contributed by atoms with van der Waals surface area (Å²) in [6.45, 7) is 12.0. The topological polar surface area (TPSA) is 74.3 Å². The zero-order chi connectivity index (χ0) is 21.6. The van der Waals surface area contributed by atoms with Gasteiger partial charge in [0.25, 0.3) is 0 Å². The van der Waals surface area contributed by atoms with Crippen LogP contribution in [0.3, 0.4) is 0 Å². The molecule has 0 radical (unpaired) electrons. The number of benzene rings is 1. The van der Waals surface area contributed by atoms with Crippen molar-refractivity contribution >= 4 is 17.8 Å². The highest BCUT2D eigenvalue weighted by molar-refractivity contribution is 5.76. The van der Waals surface area contributed by atoms with E-state index in [2.05, 4.69) is 0 Å². The summed E-state index contributed by atoms with van der Waals surface area (Å²) in [6, 6.07) is 7.68. The van der Waals surface area contributed by atoms with Gasteiger partial charge in [-0.05, 0) is 59.6 Å². The molecular weight excluding hydrogens is 374 g/mol. The molecule has 0 aromatic heterocycles. The van der Waals surface area contributed by atoms with Crippen LogP contribution in [0.25, 0.3) is 5.76 Å². The third-order valence-electron chi connectivity index (χ3n) is 4.26. The van der Waals surface area contributed by atoms with Crippen molar-refractivity contribution in [1.82, 2.24) is 4.90 Å². The van der Waals surface area contributed by atoms with Crippen LogP contribution < -0.4 is 0 Å². The number of hydrogen-bond donors (Lipinski definition) is 0. The van der Waals surface area contributed by atoms with Gasteiger partial charge in [0, 0.05) is 18.2 Å². The zero-order valence-electron chi connectivity index (χ0n) is 18.1. The average Bonchev–Trinajstić information content (AvgIpc) is 3.11. The minimum absolute atomic E-state index is 0.0490. The number of nitrogens with zero attached hydrogens (tertiary/aromatic N) is 1. The first kappa shape index (κ1) is 22.6. The highest BCUT2D eigenvalue weighted by Gasteiger charge is 2.30. The fraction of sp³-hybridized carbons (Fsp3) is 0.545. The van der Waals surface area contributed by atoms with Crippen LogP contribution in [0, 0.1) is 0 Å². The van der Waals surface area contributed by atoms with Gasteiger partial charge in [-0.1, -0.05) is 18.2 Å². The number of hydrogen-bond acceptors (Lipinski definition) is 6. The molecule has 7 heteroatoms. The Hall–Kier alpha value is -2.70. The Bertz CT molecular complexity index is 752. The predicted molar refractivity (Wildman–Crippen MR) is 109 cm³/mol. The lowest BCUT2D eigenvalue weighted by Gasteiger charge is -2.31. The van der Waals surface area contributed by atoms with E-state index in [-0.39, 0.29) is 18.7 Å². The number of amides is 1. The summed E-state index contributed by atoms with van der Waals surface area (Å²) in [4.78, 5) is 25.9. The molecule has 1 amide bonds. The van der Waals surface area contributed by atoms with Gasteiger partial charge in [0.1, 0.15) is 11.9 Å². The highest BCUT2D eigenvalue weighted by Crippen LogP contribution is 2.26. The quantitative estimate of drug-likeness (QED) is 0.636. The molecule has 1 aliphatic rings. The molecule has 1 aromatic rings. The molecule has 2 rings (SSSR count). The van der Waals surface area contributed by atoms with Gasteiger partial charge in [-0.15, -0.1) is 0 Å². The SMILES string of the molecule is CCOC(=O)C1OC=C(c2cccc(CC(C)N(CC)C(=O)OC(C)(C)C)c2)O1. The lowest BCUT2D eigenvalue weighted by molar-refractivity contribution is -0.168. The Kier molecular flexibility index (Phi) is 7.53. The summed E-state index contributed by atoms with van der Waals surface area (Å²) < 4.78 is 21.2. The van der Waals surface area contributed by atoms with E-state index in [9.17, 15) is 9.59 Å². The van der Waals surface area contributed by atoms with Crippen LogP contribution in [-0.2, 0) is 30.2 Å². The van der Waals surface area contributed by atoms with Crippen molar-refractivity contribution < 1.29 is 28.5 Å². The Balaban J connectivity index is 2.04. The van der Waals surface area contributed by atoms with Crippen LogP contribution in [0.15, 0.2) is 30.5 Å². The molecule has 0 fully saturated rings. The molecule has 2 unspecified atom stereocenters. The zero-order valence-corrected chi connectivity index (χ0v) is 18.1. The highest BCUT2D eigenvalue weighted by atomic mass is 16.7. The summed E-state index contributed by atoms with van der Waals surface area (Å²) in [5.74, 6) is -0.0866. The maximum Gasteiger partial charge on any atom is 0.410 e. The second-order valence-corrected chi connectivity index (χ2v) is 7.84. The van der Waals surface area contributed by atoms with Gasteiger partial charge in [-0.2, -0.15) is 0 Å². The van der Waals surface area contributed by atoms with Gasteiger partial charge >= 0.3 is 18.4 Å². The number of rotatable bonds is 7. The minimum atomic E-state index is -1.07. The fourth-order valence-corrected chi connectivity index (χ4v) is 2.99. The van der Waals surface area contributed by atoms with Crippen LogP contribution in [0.2, 0.25) is 0 Å². The molecule has 29 heavy (non-hydrogen) atoms.